The lowest BCUT2D eigenvalue weighted by atomic mass is 9.95. The van der Waals surface area contributed by atoms with Gasteiger partial charge in [-0.2, -0.15) is 0 Å². The van der Waals surface area contributed by atoms with E-state index in [9.17, 15) is 4.79 Å². The van der Waals surface area contributed by atoms with Crippen molar-refractivity contribution in [3.8, 4) is 11.5 Å². The van der Waals surface area contributed by atoms with Gasteiger partial charge in [-0.3, -0.25) is 4.79 Å². The lowest BCUT2D eigenvalue weighted by Gasteiger charge is -2.23. The molecular formula is C16H20ClNO3. The van der Waals surface area contributed by atoms with Gasteiger partial charge in [-0.15, -0.1) is 0 Å². The highest BCUT2D eigenvalue weighted by Gasteiger charge is 2.19. The minimum atomic E-state index is 0.0506. The van der Waals surface area contributed by atoms with E-state index < -0.39 is 0 Å². The van der Waals surface area contributed by atoms with Gasteiger partial charge in [0.15, 0.2) is 11.5 Å². The SMILES string of the molecule is O=C(Cc1cc(Cl)c2c(c1)OCCO2)NC1CCCCC1. The molecule has 3 rings (SSSR count). The normalized spacial score (nSPS) is 18.3. The number of carbonyl (C=O) groups excluding carboxylic acids is 1. The van der Waals surface area contributed by atoms with Crippen molar-refractivity contribution in [2.75, 3.05) is 13.2 Å². The van der Waals surface area contributed by atoms with Crippen LogP contribution in [-0.4, -0.2) is 25.2 Å². The number of nitrogens with one attached hydrogen (secondary N) is 1. The van der Waals surface area contributed by atoms with Crippen molar-refractivity contribution in [3.05, 3.63) is 22.7 Å². The van der Waals surface area contributed by atoms with Crippen molar-refractivity contribution in [2.24, 2.45) is 0 Å². The second kappa shape index (κ2) is 6.56. The third kappa shape index (κ3) is 3.62. The van der Waals surface area contributed by atoms with E-state index in [0.717, 1.165) is 18.4 Å². The van der Waals surface area contributed by atoms with Crippen LogP contribution in [-0.2, 0) is 11.2 Å². The van der Waals surface area contributed by atoms with Crippen LogP contribution in [0.2, 0.25) is 5.02 Å². The highest BCUT2D eigenvalue weighted by Crippen LogP contribution is 2.38. The first kappa shape index (κ1) is 14.5. The Bertz CT molecular complexity index is 526. The van der Waals surface area contributed by atoms with Gasteiger partial charge in [-0.05, 0) is 30.5 Å². The molecule has 1 saturated carbocycles. The Labute approximate surface area is 129 Å². The Morgan fingerprint density at radius 1 is 1.19 bits per heavy atom. The van der Waals surface area contributed by atoms with Gasteiger partial charge in [0.2, 0.25) is 5.91 Å². The molecule has 2 aliphatic rings. The first-order chi connectivity index (χ1) is 10.2. The zero-order chi connectivity index (χ0) is 14.7. The molecule has 1 aromatic carbocycles. The van der Waals surface area contributed by atoms with E-state index >= 15 is 0 Å². The van der Waals surface area contributed by atoms with Gasteiger partial charge in [-0.1, -0.05) is 30.9 Å². The largest absolute Gasteiger partial charge is 0.486 e. The fraction of sp³-hybridized carbons (Fsp3) is 0.562. The molecule has 1 heterocycles. The van der Waals surface area contributed by atoms with Crippen LogP contribution in [0.3, 0.4) is 0 Å². The third-order valence-electron chi connectivity index (χ3n) is 3.99. The van der Waals surface area contributed by atoms with Gasteiger partial charge in [-0.25, -0.2) is 0 Å². The van der Waals surface area contributed by atoms with Crippen molar-refractivity contribution < 1.29 is 14.3 Å². The van der Waals surface area contributed by atoms with Gasteiger partial charge in [0.05, 0.1) is 11.4 Å². The molecule has 21 heavy (non-hydrogen) atoms. The maximum atomic E-state index is 12.1. The average molecular weight is 310 g/mol. The van der Waals surface area contributed by atoms with Crippen molar-refractivity contribution in [1.82, 2.24) is 5.32 Å². The summed E-state index contributed by atoms with van der Waals surface area (Å²) in [6, 6.07) is 3.97. The quantitative estimate of drug-likeness (QED) is 0.933. The Morgan fingerprint density at radius 2 is 1.95 bits per heavy atom. The second-order valence-electron chi connectivity index (χ2n) is 5.68. The van der Waals surface area contributed by atoms with Crippen LogP contribution < -0.4 is 14.8 Å². The van der Waals surface area contributed by atoms with Gasteiger partial charge in [0, 0.05) is 6.04 Å². The van der Waals surface area contributed by atoms with Crippen LogP contribution in [0.25, 0.3) is 0 Å². The predicted octanol–water partition coefficient (Wildman–Crippen LogP) is 3.10. The summed E-state index contributed by atoms with van der Waals surface area (Å²) >= 11 is 6.19. The second-order valence-corrected chi connectivity index (χ2v) is 6.09. The highest BCUT2D eigenvalue weighted by atomic mass is 35.5. The molecule has 0 atom stereocenters. The van der Waals surface area contributed by atoms with Gasteiger partial charge in [0.25, 0.3) is 0 Å². The molecule has 1 N–H and O–H groups in total. The molecule has 5 heteroatoms. The smallest absolute Gasteiger partial charge is 0.224 e. The summed E-state index contributed by atoms with van der Waals surface area (Å²) in [4.78, 5) is 12.1. The summed E-state index contributed by atoms with van der Waals surface area (Å²) in [5, 5.41) is 3.62. The first-order valence-electron chi connectivity index (χ1n) is 7.60. The number of ether oxygens (including phenoxy) is 2. The molecule has 1 fully saturated rings. The van der Waals surface area contributed by atoms with E-state index in [0.29, 0.717) is 42.2 Å². The highest BCUT2D eigenvalue weighted by molar-refractivity contribution is 6.32. The molecule has 1 amide bonds. The number of amides is 1. The standard InChI is InChI=1S/C16H20ClNO3/c17-13-8-11(9-14-16(13)21-7-6-20-14)10-15(19)18-12-4-2-1-3-5-12/h8-9,12H,1-7,10H2,(H,18,19). The van der Waals surface area contributed by atoms with Crippen molar-refractivity contribution in [1.29, 1.82) is 0 Å². The zero-order valence-electron chi connectivity index (χ0n) is 12.0. The van der Waals surface area contributed by atoms with Crippen LogP contribution in [0.15, 0.2) is 12.1 Å². The van der Waals surface area contributed by atoms with Gasteiger partial charge >= 0.3 is 0 Å². The maximum absolute atomic E-state index is 12.1. The van der Waals surface area contributed by atoms with Gasteiger partial charge in [0.1, 0.15) is 13.2 Å². The Balaban J connectivity index is 1.64. The molecule has 0 unspecified atom stereocenters. The summed E-state index contributed by atoms with van der Waals surface area (Å²) < 4.78 is 11.0. The van der Waals surface area contributed by atoms with E-state index in [-0.39, 0.29) is 5.91 Å². The van der Waals surface area contributed by atoms with Crippen LogP contribution in [0.5, 0.6) is 11.5 Å². The number of halogens is 1. The number of hydrogen-bond donors (Lipinski definition) is 1. The van der Waals surface area contributed by atoms with Crippen molar-refractivity contribution in [3.63, 3.8) is 0 Å². The molecule has 1 aromatic rings. The fourth-order valence-electron chi connectivity index (χ4n) is 2.98. The summed E-state index contributed by atoms with van der Waals surface area (Å²) in [7, 11) is 0. The van der Waals surface area contributed by atoms with E-state index in [1.165, 1.54) is 19.3 Å². The monoisotopic (exact) mass is 309 g/mol. The van der Waals surface area contributed by atoms with E-state index in [1.54, 1.807) is 6.07 Å². The molecule has 4 nitrogen and oxygen atoms in total. The first-order valence-corrected chi connectivity index (χ1v) is 7.97. The number of benzene rings is 1. The topological polar surface area (TPSA) is 47.6 Å². The molecular weight excluding hydrogens is 290 g/mol. The molecule has 1 aliphatic carbocycles. The van der Waals surface area contributed by atoms with Crippen LogP contribution in [0.4, 0.5) is 0 Å². The summed E-state index contributed by atoms with van der Waals surface area (Å²) in [5.41, 5.74) is 0.859. The van der Waals surface area contributed by atoms with Gasteiger partial charge < -0.3 is 14.8 Å². The molecule has 0 spiro atoms. The predicted molar refractivity (Wildman–Crippen MR) is 81.2 cm³/mol. The zero-order valence-corrected chi connectivity index (χ0v) is 12.7. The number of rotatable bonds is 3. The fourth-order valence-corrected chi connectivity index (χ4v) is 3.27. The number of carbonyl (C=O) groups is 1. The van der Waals surface area contributed by atoms with Crippen molar-refractivity contribution in [2.45, 2.75) is 44.6 Å². The molecule has 0 radical (unpaired) electrons. The average Bonchev–Trinajstić information content (AvgIpc) is 2.48. The van der Waals surface area contributed by atoms with Crippen LogP contribution >= 0.6 is 11.6 Å². The summed E-state index contributed by atoms with van der Waals surface area (Å²) in [5.74, 6) is 1.27. The minimum Gasteiger partial charge on any atom is -0.486 e. The van der Waals surface area contributed by atoms with E-state index in [4.69, 9.17) is 21.1 Å². The third-order valence-corrected chi connectivity index (χ3v) is 4.27. The molecule has 0 saturated heterocycles. The summed E-state index contributed by atoms with van der Waals surface area (Å²) in [6.45, 7) is 1.02. The van der Waals surface area contributed by atoms with E-state index in [2.05, 4.69) is 5.32 Å². The molecule has 114 valence electrons. The van der Waals surface area contributed by atoms with E-state index in [1.807, 2.05) is 6.07 Å². The summed E-state index contributed by atoms with van der Waals surface area (Å²) in [6.07, 6.45) is 6.21. The lowest BCUT2D eigenvalue weighted by molar-refractivity contribution is -0.121. The Hall–Kier alpha value is -1.42. The Morgan fingerprint density at radius 3 is 2.76 bits per heavy atom. The van der Waals surface area contributed by atoms with Crippen molar-refractivity contribution >= 4 is 17.5 Å². The maximum Gasteiger partial charge on any atom is 0.224 e. The molecule has 0 aromatic heterocycles. The number of hydrogen-bond acceptors (Lipinski definition) is 3. The Kier molecular flexibility index (Phi) is 4.54. The molecule has 0 bridgehead atoms. The van der Waals surface area contributed by atoms with Crippen LogP contribution in [0.1, 0.15) is 37.7 Å². The minimum absolute atomic E-state index is 0.0506. The number of fused-ring (bicyclic) bond motifs is 1. The molecule has 1 aliphatic heterocycles. The van der Waals surface area contributed by atoms with Crippen LogP contribution in [0, 0.1) is 0 Å². The lowest BCUT2D eigenvalue weighted by Crippen LogP contribution is -2.37.